The van der Waals surface area contributed by atoms with E-state index >= 15 is 0 Å². The molecule has 1 aromatic rings. The van der Waals surface area contributed by atoms with Gasteiger partial charge in [0.25, 0.3) is 0 Å². The van der Waals surface area contributed by atoms with Crippen LogP contribution in [0.2, 0.25) is 5.02 Å². The Kier molecular flexibility index (Phi) is 5.47. The Morgan fingerprint density at radius 1 is 1.38 bits per heavy atom. The van der Waals surface area contributed by atoms with Crippen LogP contribution in [0.1, 0.15) is 19.3 Å². The first-order valence-electron chi connectivity index (χ1n) is 6.69. The summed E-state index contributed by atoms with van der Waals surface area (Å²) < 4.78 is 0.653. The van der Waals surface area contributed by atoms with Crippen molar-refractivity contribution in [2.75, 3.05) is 18.4 Å². The molecule has 1 aliphatic rings. The molecule has 21 heavy (non-hydrogen) atoms. The van der Waals surface area contributed by atoms with Crippen molar-refractivity contribution in [1.82, 2.24) is 4.90 Å². The van der Waals surface area contributed by atoms with Crippen LogP contribution in [0.15, 0.2) is 22.7 Å². The highest BCUT2D eigenvalue weighted by atomic mass is 79.9. The molecule has 0 bridgehead atoms. The predicted molar refractivity (Wildman–Crippen MR) is 84.7 cm³/mol. The van der Waals surface area contributed by atoms with Gasteiger partial charge in [-0.25, -0.2) is 4.79 Å². The number of amides is 2. The number of carboxylic acid groups (broad SMARTS) is 1. The molecule has 0 unspecified atom stereocenters. The molecule has 0 aromatic heterocycles. The molecule has 0 spiro atoms. The molecule has 1 aromatic carbocycles. The fraction of sp³-hybridized carbons (Fsp3) is 0.429. The van der Waals surface area contributed by atoms with Crippen LogP contribution in [-0.2, 0) is 4.79 Å². The molecular formula is C14H16BrClN2O3. The highest BCUT2D eigenvalue weighted by Gasteiger charge is 2.24. The second-order valence-corrected chi connectivity index (χ2v) is 6.26. The smallest absolute Gasteiger partial charge is 0.321 e. The molecule has 1 fully saturated rings. The average molecular weight is 376 g/mol. The summed E-state index contributed by atoms with van der Waals surface area (Å²) in [5.41, 5.74) is 0.625. The van der Waals surface area contributed by atoms with E-state index in [0.717, 1.165) is 12.8 Å². The summed E-state index contributed by atoms with van der Waals surface area (Å²) in [5.74, 6) is -0.620. The minimum atomic E-state index is -0.777. The number of nitrogens with one attached hydrogen (secondary N) is 1. The Labute approximate surface area is 136 Å². The Bertz CT molecular complexity index is 545. The molecular weight excluding hydrogens is 360 g/mol. The van der Waals surface area contributed by atoms with Crippen molar-refractivity contribution < 1.29 is 14.7 Å². The van der Waals surface area contributed by atoms with Crippen molar-refractivity contribution in [3.05, 3.63) is 27.7 Å². The average Bonchev–Trinajstić information content (AvgIpc) is 2.44. The summed E-state index contributed by atoms with van der Waals surface area (Å²) in [6.07, 6.45) is 1.61. The largest absolute Gasteiger partial charge is 0.481 e. The minimum absolute atomic E-state index is 0.157. The zero-order valence-electron chi connectivity index (χ0n) is 11.3. The van der Waals surface area contributed by atoms with E-state index in [9.17, 15) is 9.59 Å². The Morgan fingerprint density at radius 3 is 2.67 bits per heavy atom. The van der Waals surface area contributed by atoms with Crippen LogP contribution in [0.5, 0.6) is 0 Å². The van der Waals surface area contributed by atoms with Crippen molar-refractivity contribution in [3.8, 4) is 0 Å². The highest BCUT2D eigenvalue weighted by molar-refractivity contribution is 9.10. The van der Waals surface area contributed by atoms with Gasteiger partial charge in [0, 0.05) is 19.5 Å². The minimum Gasteiger partial charge on any atom is -0.481 e. The van der Waals surface area contributed by atoms with Gasteiger partial charge in [0.1, 0.15) is 0 Å². The predicted octanol–water partition coefficient (Wildman–Crippen LogP) is 3.82. The van der Waals surface area contributed by atoms with Crippen LogP contribution in [0, 0.1) is 5.92 Å². The first-order valence-corrected chi connectivity index (χ1v) is 7.86. The molecule has 114 valence electrons. The zero-order chi connectivity index (χ0) is 15.4. The summed E-state index contributed by atoms with van der Waals surface area (Å²) in [6.45, 7) is 1.14. The summed E-state index contributed by atoms with van der Waals surface area (Å²) in [5, 5.41) is 12.1. The molecule has 2 N–H and O–H groups in total. The maximum Gasteiger partial charge on any atom is 0.321 e. The molecule has 2 amide bonds. The number of hydrogen-bond acceptors (Lipinski definition) is 2. The maximum atomic E-state index is 12.2. The molecule has 0 radical (unpaired) electrons. The van der Waals surface area contributed by atoms with Crippen LogP contribution >= 0.6 is 27.5 Å². The maximum absolute atomic E-state index is 12.2. The zero-order valence-corrected chi connectivity index (χ0v) is 13.7. The quantitative estimate of drug-likeness (QED) is 0.844. The van der Waals surface area contributed by atoms with Crippen molar-refractivity contribution in [1.29, 1.82) is 0 Å². The van der Waals surface area contributed by atoms with E-state index in [1.54, 1.807) is 23.1 Å². The third kappa shape index (κ3) is 4.35. The lowest BCUT2D eigenvalue weighted by Gasteiger charge is -2.31. The summed E-state index contributed by atoms with van der Waals surface area (Å²) in [7, 11) is 0. The third-order valence-electron chi connectivity index (χ3n) is 3.56. The summed E-state index contributed by atoms with van der Waals surface area (Å²) >= 11 is 9.32. The van der Waals surface area contributed by atoms with Gasteiger partial charge in [0.2, 0.25) is 0 Å². The van der Waals surface area contributed by atoms with Gasteiger partial charge in [-0.15, -0.1) is 0 Å². The number of piperidine rings is 1. The highest BCUT2D eigenvalue weighted by Crippen LogP contribution is 2.30. The first-order chi connectivity index (χ1) is 9.97. The van der Waals surface area contributed by atoms with Gasteiger partial charge in [-0.1, -0.05) is 17.7 Å². The standard InChI is InChI=1S/C14H16BrClN2O3/c15-13-10(16)2-1-3-11(13)17-14(21)18-6-4-9(5-7-18)8-12(19)20/h1-3,9H,4-8H2,(H,17,21)(H,19,20). The second-order valence-electron chi connectivity index (χ2n) is 5.06. The van der Waals surface area contributed by atoms with Crippen molar-refractivity contribution >= 4 is 45.2 Å². The molecule has 1 heterocycles. The van der Waals surface area contributed by atoms with Gasteiger partial charge in [-0.3, -0.25) is 4.79 Å². The molecule has 1 aliphatic heterocycles. The molecule has 7 heteroatoms. The summed E-state index contributed by atoms with van der Waals surface area (Å²) in [4.78, 5) is 24.6. The van der Waals surface area contributed by atoms with Gasteiger partial charge in [0.15, 0.2) is 0 Å². The van der Waals surface area contributed by atoms with Gasteiger partial charge in [-0.05, 0) is 46.8 Å². The van der Waals surface area contributed by atoms with Crippen molar-refractivity contribution in [2.24, 2.45) is 5.92 Å². The lowest BCUT2D eigenvalue weighted by Crippen LogP contribution is -2.41. The van der Waals surface area contributed by atoms with Crippen LogP contribution in [0.3, 0.4) is 0 Å². The molecule has 0 aliphatic carbocycles. The van der Waals surface area contributed by atoms with Crippen LogP contribution < -0.4 is 5.32 Å². The topological polar surface area (TPSA) is 69.6 Å². The Hall–Kier alpha value is -1.27. The number of halogens is 2. The van der Waals surface area contributed by atoms with E-state index in [0.29, 0.717) is 28.3 Å². The first kappa shape index (κ1) is 16.1. The molecule has 5 nitrogen and oxygen atoms in total. The van der Waals surface area contributed by atoms with E-state index in [2.05, 4.69) is 21.2 Å². The van der Waals surface area contributed by atoms with E-state index in [-0.39, 0.29) is 18.4 Å². The van der Waals surface area contributed by atoms with Gasteiger partial charge in [0.05, 0.1) is 15.2 Å². The number of rotatable bonds is 3. The monoisotopic (exact) mass is 374 g/mol. The SMILES string of the molecule is O=C(O)CC1CCN(C(=O)Nc2cccc(Cl)c2Br)CC1. The Balaban J connectivity index is 1.90. The number of hydrogen-bond donors (Lipinski definition) is 2. The number of urea groups is 1. The fourth-order valence-electron chi connectivity index (χ4n) is 2.38. The molecule has 0 saturated carbocycles. The lowest BCUT2D eigenvalue weighted by atomic mass is 9.94. The number of anilines is 1. The van der Waals surface area contributed by atoms with Gasteiger partial charge in [-0.2, -0.15) is 0 Å². The number of benzene rings is 1. The molecule has 0 atom stereocenters. The second kappa shape index (κ2) is 7.13. The van der Waals surface area contributed by atoms with Crippen LogP contribution in [0.4, 0.5) is 10.5 Å². The van der Waals surface area contributed by atoms with E-state index in [4.69, 9.17) is 16.7 Å². The van der Waals surface area contributed by atoms with Gasteiger partial charge >= 0.3 is 12.0 Å². The number of nitrogens with zero attached hydrogens (tertiary/aromatic N) is 1. The fourth-order valence-corrected chi connectivity index (χ4v) is 2.92. The van der Waals surface area contributed by atoms with Crippen LogP contribution in [-0.4, -0.2) is 35.1 Å². The van der Waals surface area contributed by atoms with Crippen molar-refractivity contribution in [3.63, 3.8) is 0 Å². The number of carbonyl (C=O) groups excluding carboxylic acids is 1. The van der Waals surface area contributed by atoms with E-state index in [1.807, 2.05) is 0 Å². The lowest BCUT2D eigenvalue weighted by molar-refractivity contribution is -0.138. The number of aliphatic carboxylic acids is 1. The van der Waals surface area contributed by atoms with E-state index < -0.39 is 5.97 Å². The molecule has 2 rings (SSSR count). The third-order valence-corrected chi connectivity index (χ3v) is 4.96. The van der Waals surface area contributed by atoms with E-state index in [1.165, 1.54) is 0 Å². The number of carbonyl (C=O) groups is 2. The normalized spacial score (nSPS) is 15.8. The number of likely N-dealkylation sites (tertiary alicyclic amines) is 1. The Morgan fingerprint density at radius 2 is 2.05 bits per heavy atom. The van der Waals surface area contributed by atoms with Crippen LogP contribution in [0.25, 0.3) is 0 Å². The molecule has 1 saturated heterocycles. The summed E-state index contributed by atoms with van der Waals surface area (Å²) in [6, 6.07) is 5.08. The van der Waals surface area contributed by atoms with Gasteiger partial charge < -0.3 is 15.3 Å². The van der Waals surface area contributed by atoms with Crippen molar-refractivity contribution in [2.45, 2.75) is 19.3 Å². The number of carboxylic acids is 1.